The number of ketones is 1. The molecule has 14 heteroatoms. The van der Waals surface area contributed by atoms with Crippen molar-refractivity contribution in [2.45, 2.75) is 63.6 Å². The molecule has 2 heterocycles. The fourth-order valence-electron chi connectivity index (χ4n) is 7.05. The molecule has 2 aromatic heterocycles. The van der Waals surface area contributed by atoms with E-state index in [2.05, 4.69) is 53.1 Å². The minimum atomic E-state index is -1.24. The van der Waals surface area contributed by atoms with Crippen molar-refractivity contribution in [3.8, 4) is 0 Å². The van der Waals surface area contributed by atoms with E-state index in [9.17, 15) is 28.8 Å². The van der Waals surface area contributed by atoms with Crippen LogP contribution in [0.3, 0.4) is 0 Å². The number of halogens is 2. The van der Waals surface area contributed by atoms with Gasteiger partial charge in [0.25, 0.3) is 17.4 Å². The van der Waals surface area contributed by atoms with Gasteiger partial charge in [0, 0.05) is 25.7 Å². The molecular weight excluding hydrogens is 706 g/mol. The number of amides is 4. The molecule has 4 aliphatic carbocycles. The van der Waals surface area contributed by atoms with Crippen LogP contribution >= 0.6 is 43.2 Å². The van der Waals surface area contributed by atoms with Crippen LogP contribution in [0.1, 0.15) is 55.3 Å². The van der Waals surface area contributed by atoms with E-state index in [0.717, 1.165) is 37.5 Å². The third kappa shape index (κ3) is 7.28. The van der Waals surface area contributed by atoms with Gasteiger partial charge in [0.15, 0.2) is 0 Å². The second-order valence-corrected chi connectivity index (χ2v) is 15.4. The van der Waals surface area contributed by atoms with E-state index in [1.54, 1.807) is 12.1 Å². The zero-order valence-corrected chi connectivity index (χ0v) is 27.5. The molecule has 2 aromatic rings. The number of hydrogen-bond acceptors (Lipinski definition) is 7. The Bertz CT molecular complexity index is 1480. The van der Waals surface area contributed by atoms with Crippen molar-refractivity contribution in [1.29, 1.82) is 0 Å². The molecule has 6 rings (SSSR count). The largest absolute Gasteiger partial charge is 0.353 e. The number of thiophene rings is 1. The number of carbonyl (C=O) groups excluding carboxylic acids is 5. The van der Waals surface area contributed by atoms with Crippen LogP contribution in [-0.2, 0) is 25.7 Å². The van der Waals surface area contributed by atoms with Crippen LogP contribution in [0.5, 0.6) is 0 Å². The molecule has 0 aliphatic heterocycles. The van der Waals surface area contributed by atoms with Gasteiger partial charge in [-0.3, -0.25) is 28.8 Å². The average Bonchev–Trinajstić information content (AvgIpc) is 3.31. The number of nitrogens with zero attached hydrogens (tertiary/aromatic N) is 1. The minimum Gasteiger partial charge on any atom is -0.353 e. The van der Waals surface area contributed by atoms with Gasteiger partial charge in [-0.1, -0.05) is 0 Å². The summed E-state index contributed by atoms with van der Waals surface area (Å²) >= 11 is 7.91. The van der Waals surface area contributed by atoms with Crippen LogP contribution in [0.15, 0.2) is 36.8 Å². The summed E-state index contributed by atoms with van der Waals surface area (Å²) in [4.78, 5) is 76.4. The lowest BCUT2D eigenvalue weighted by Gasteiger charge is -2.54. The Labute approximate surface area is 269 Å². The highest BCUT2D eigenvalue weighted by Crippen LogP contribution is 2.53. The van der Waals surface area contributed by atoms with Crippen LogP contribution in [0, 0.1) is 23.7 Å². The Morgan fingerprint density at radius 3 is 2.33 bits per heavy atom. The van der Waals surface area contributed by atoms with Gasteiger partial charge in [0.05, 0.1) is 13.1 Å². The van der Waals surface area contributed by atoms with Gasteiger partial charge in [-0.25, -0.2) is 0 Å². The van der Waals surface area contributed by atoms with Crippen molar-refractivity contribution in [2.24, 2.45) is 23.7 Å². The second-order valence-electron chi connectivity index (χ2n) is 11.7. The Kier molecular flexibility index (Phi) is 9.86. The molecule has 4 aliphatic rings. The molecule has 4 saturated carbocycles. The lowest BCUT2D eigenvalue weighted by Crippen LogP contribution is -2.56. The average molecular weight is 739 g/mol. The number of likely N-dealkylation sites (N-methyl/N-ethyl adjacent to an activating group) is 1. The maximum atomic E-state index is 13.3. The molecule has 4 fully saturated rings. The summed E-state index contributed by atoms with van der Waals surface area (Å²) in [6, 6.07) is 3.45. The molecular formula is C29H33Br2N5O6S. The van der Waals surface area contributed by atoms with Gasteiger partial charge >= 0.3 is 0 Å². The van der Waals surface area contributed by atoms with E-state index in [-0.39, 0.29) is 42.6 Å². The predicted molar refractivity (Wildman–Crippen MR) is 168 cm³/mol. The number of carbonyl (C=O) groups is 5. The van der Waals surface area contributed by atoms with Gasteiger partial charge < -0.3 is 25.8 Å². The summed E-state index contributed by atoms with van der Waals surface area (Å²) in [7, 11) is 1.32. The summed E-state index contributed by atoms with van der Waals surface area (Å²) < 4.78 is 2.47. The van der Waals surface area contributed by atoms with E-state index in [0.29, 0.717) is 19.4 Å². The van der Waals surface area contributed by atoms with Crippen molar-refractivity contribution in [3.63, 3.8) is 0 Å². The number of nitrogens with one attached hydrogen (secondary N) is 4. The molecule has 43 heavy (non-hydrogen) atoms. The molecule has 1 atom stereocenters. The molecule has 4 bridgehead atoms. The zero-order chi connectivity index (χ0) is 30.8. The number of aromatic nitrogens is 1. The third-order valence-electron chi connectivity index (χ3n) is 8.81. The summed E-state index contributed by atoms with van der Waals surface area (Å²) in [6.45, 7) is -0.187. The number of pyridine rings is 1. The fraction of sp³-hybridized carbons (Fsp3) is 0.517. The molecule has 0 aromatic carbocycles. The number of anilines is 1. The topological polar surface area (TPSA) is 155 Å². The first kappa shape index (κ1) is 31.6. The van der Waals surface area contributed by atoms with Crippen molar-refractivity contribution < 1.29 is 24.0 Å². The quantitative estimate of drug-likeness (QED) is 0.260. The van der Waals surface area contributed by atoms with Crippen molar-refractivity contribution in [1.82, 2.24) is 20.5 Å². The lowest BCUT2D eigenvalue weighted by atomic mass is 9.54. The van der Waals surface area contributed by atoms with Gasteiger partial charge in [0.2, 0.25) is 17.6 Å². The van der Waals surface area contributed by atoms with E-state index >= 15 is 0 Å². The monoisotopic (exact) mass is 737 g/mol. The Balaban J connectivity index is 1.25. The van der Waals surface area contributed by atoms with Crippen molar-refractivity contribution >= 4 is 78.3 Å². The molecule has 230 valence electrons. The summed E-state index contributed by atoms with van der Waals surface area (Å²) in [5.41, 5.74) is -0.377. The maximum absolute atomic E-state index is 13.3. The number of Topliss-reactive ketones (excluding diaryl/α,β-unsaturated/α-hetero) is 1. The van der Waals surface area contributed by atoms with E-state index in [4.69, 9.17) is 0 Å². The molecule has 0 unspecified atom stereocenters. The normalized spacial score (nSPS) is 24.2. The standard InChI is InChI=1S/C29H33Br2N5O6S/c1-32-28(41)21(37)5-4-19(33-26(39)18-12-22(30)43-25(18)31)27(40)34-20-3-2-6-36(29(20)42)13-23(38)35-24-16-8-14-7-15(10-16)11-17(24)9-14/h2-3,6,12,14-17,19,24H,4-5,7-11,13H2,1H3,(H,32,41)(H,33,39)(H,34,40)(H,35,38)/t14?,15?,16?,17?,19-,24?/m0/s1. The highest BCUT2D eigenvalue weighted by atomic mass is 79.9. The van der Waals surface area contributed by atoms with E-state index in [1.165, 1.54) is 41.6 Å². The lowest BCUT2D eigenvalue weighted by molar-refractivity contribution is -0.137. The van der Waals surface area contributed by atoms with E-state index < -0.39 is 35.1 Å². The van der Waals surface area contributed by atoms with Crippen LogP contribution in [0.4, 0.5) is 5.69 Å². The van der Waals surface area contributed by atoms with Gasteiger partial charge in [-0.2, -0.15) is 0 Å². The Morgan fingerprint density at radius 2 is 1.72 bits per heavy atom. The summed E-state index contributed by atoms with van der Waals surface area (Å²) in [6.07, 6.45) is 6.96. The highest BCUT2D eigenvalue weighted by molar-refractivity contribution is 9.12. The predicted octanol–water partition coefficient (Wildman–Crippen LogP) is 3.21. The second kappa shape index (κ2) is 13.4. The minimum absolute atomic E-state index is 0.0775. The molecule has 4 N–H and O–H groups in total. The Morgan fingerprint density at radius 1 is 1.05 bits per heavy atom. The Hall–Kier alpha value is -2.84. The van der Waals surface area contributed by atoms with Crippen molar-refractivity contribution in [2.75, 3.05) is 12.4 Å². The first-order valence-corrected chi connectivity index (χ1v) is 16.7. The first-order valence-electron chi connectivity index (χ1n) is 14.3. The van der Waals surface area contributed by atoms with Crippen LogP contribution < -0.4 is 26.8 Å². The smallest absolute Gasteiger partial charge is 0.287 e. The molecule has 0 spiro atoms. The molecule has 4 amide bonds. The van der Waals surface area contributed by atoms with Crippen molar-refractivity contribution in [3.05, 3.63) is 47.9 Å². The van der Waals surface area contributed by atoms with Gasteiger partial charge in [-0.15, -0.1) is 11.3 Å². The molecule has 11 nitrogen and oxygen atoms in total. The highest BCUT2D eigenvalue weighted by Gasteiger charge is 2.48. The third-order valence-corrected chi connectivity index (χ3v) is 11.1. The fourth-order valence-corrected chi connectivity index (χ4v) is 9.85. The number of hydrogen-bond donors (Lipinski definition) is 4. The van der Waals surface area contributed by atoms with Gasteiger partial charge in [-0.05, 0) is 112 Å². The van der Waals surface area contributed by atoms with Gasteiger partial charge in [0.1, 0.15) is 18.3 Å². The summed E-state index contributed by atoms with van der Waals surface area (Å²) in [5, 5.41) is 10.6. The first-order chi connectivity index (χ1) is 20.5. The van der Waals surface area contributed by atoms with E-state index in [1.807, 2.05) is 0 Å². The number of rotatable bonds is 11. The SMILES string of the molecule is CNC(=O)C(=O)CC[C@H](NC(=O)c1cc(Br)sc1Br)C(=O)Nc1cccn(CC(=O)NC2C3CC4CC(C3)CC2C4)c1=O. The zero-order valence-electron chi connectivity index (χ0n) is 23.5. The molecule has 0 saturated heterocycles. The van der Waals surface area contributed by atoms with Crippen LogP contribution in [-0.4, -0.2) is 53.1 Å². The maximum Gasteiger partial charge on any atom is 0.287 e. The van der Waals surface area contributed by atoms with Crippen LogP contribution in [0.25, 0.3) is 0 Å². The molecule has 0 radical (unpaired) electrons. The summed E-state index contributed by atoms with van der Waals surface area (Å²) in [5.74, 6) is -0.556. The van der Waals surface area contributed by atoms with Crippen LogP contribution in [0.2, 0.25) is 0 Å².